The van der Waals surface area contributed by atoms with Gasteiger partial charge in [0.15, 0.2) is 6.20 Å². The Bertz CT molecular complexity index is 1510. The number of aromatic amines is 1. The Hall–Kier alpha value is -4.03. The van der Waals surface area contributed by atoms with E-state index < -0.39 is 6.09 Å². The second-order valence-corrected chi connectivity index (χ2v) is 9.64. The van der Waals surface area contributed by atoms with Crippen LogP contribution in [0.3, 0.4) is 0 Å². The van der Waals surface area contributed by atoms with Crippen LogP contribution < -0.4 is 9.63 Å². The van der Waals surface area contributed by atoms with Crippen LogP contribution in [0, 0.1) is 5.21 Å². The number of nitrogens with zero attached hydrogens (tertiary/aromatic N) is 5. The maximum Gasteiger partial charge on any atom is 0.413 e. The third-order valence-electron chi connectivity index (χ3n) is 5.45. The number of para-hydroxylation sites is 2. The lowest BCUT2D eigenvalue weighted by molar-refractivity contribution is -0.645. The van der Waals surface area contributed by atoms with E-state index in [0.29, 0.717) is 38.9 Å². The molecule has 5 rings (SSSR count). The smallest absolute Gasteiger partial charge is 0.413 e. The van der Waals surface area contributed by atoms with E-state index in [-0.39, 0.29) is 6.10 Å². The zero-order valence-corrected chi connectivity index (χ0v) is 24.4. The van der Waals surface area contributed by atoms with Crippen LogP contribution >= 0.6 is 35.8 Å². The van der Waals surface area contributed by atoms with Gasteiger partial charge >= 0.3 is 6.09 Å². The van der Waals surface area contributed by atoms with E-state index in [9.17, 15) is 10.0 Å². The largest absolute Gasteiger partial charge is 0.618 e. The number of anilines is 1. The number of hydrogen-bond acceptors (Lipinski definition) is 6. The number of amides is 1. The number of halogens is 2. The summed E-state index contributed by atoms with van der Waals surface area (Å²) in [5, 5.41) is 20.8. The van der Waals surface area contributed by atoms with Gasteiger partial charge in [-0.25, -0.2) is 14.8 Å². The minimum Gasteiger partial charge on any atom is -0.618 e. The van der Waals surface area contributed by atoms with Gasteiger partial charge in [0.25, 0.3) is 0 Å². The summed E-state index contributed by atoms with van der Waals surface area (Å²) in [7, 11) is 1.44. The average molecular weight is 616 g/mol. The van der Waals surface area contributed by atoms with Crippen LogP contribution in [0.2, 0.25) is 10.0 Å². The molecule has 2 N–H and O–H groups in total. The van der Waals surface area contributed by atoms with Gasteiger partial charge in [-0.15, -0.1) is 6.58 Å². The third kappa shape index (κ3) is 9.54. The summed E-state index contributed by atoms with van der Waals surface area (Å²) in [4.78, 5) is 22.7. The first kappa shape index (κ1) is 31.5. The molecular weight excluding hydrogens is 587 g/mol. The summed E-state index contributed by atoms with van der Waals surface area (Å²) in [5.74, 6) is 0.332. The van der Waals surface area contributed by atoms with Gasteiger partial charge in [-0.2, -0.15) is 4.73 Å². The molecule has 0 fully saturated rings. The fraction of sp³-hybridized carbons (Fsp3) is 0.143. The standard InChI is InChI=1S/C14H14Cl2N2O.C9H9N3O2.C5H5NOS/c1-2-7-19-14(9-18-6-5-17-10-18)12-4-3-11(15)8-13(12)16;1-12(9(13)14)8-10-6-4-2-3-5-7(6)11-8;7-6-4-2-1-3-5(6)8/h2-6,8,10,14H,1,7,9H2;2-5H,1H3,(H,10,11)(H,13,14);1-4,8H. The van der Waals surface area contributed by atoms with Crippen LogP contribution in [-0.4, -0.2) is 44.4 Å². The fourth-order valence-electron chi connectivity index (χ4n) is 3.38. The highest BCUT2D eigenvalue weighted by Crippen LogP contribution is 2.29. The Morgan fingerprint density at radius 3 is 2.61 bits per heavy atom. The average Bonchev–Trinajstić information content (AvgIpc) is 3.63. The molecule has 2 aromatic carbocycles. The molecule has 1 amide bonds. The van der Waals surface area contributed by atoms with E-state index in [4.69, 9.17) is 33.0 Å². The summed E-state index contributed by atoms with van der Waals surface area (Å²) in [6, 6.07) is 17.9. The molecule has 5 aromatic rings. The van der Waals surface area contributed by atoms with Crippen molar-refractivity contribution in [1.29, 1.82) is 0 Å². The molecule has 0 aliphatic carbocycles. The number of rotatable bonds is 7. The number of thiol groups is 1. The zero-order chi connectivity index (χ0) is 29.8. The van der Waals surface area contributed by atoms with Crippen molar-refractivity contribution in [2.24, 2.45) is 0 Å². The Morgan fingerprint density at radius 1 is 1.27 bits per heavy atom. The maximum atomic E-state index is 10.6. The number of benzene rings is 2. The molecule has 13 heteroatoms. The van der Waals surface area contributed by atoms with Crippen molar-refractivity contribution in [3.63, 3.8) is 0 Å². The number of H-pyrrole nitrogens is 1. The van der Waals surface area contributed by atoms with Crippen molar-refractivity contribution in [2.75, 3.05) is 18.6 Å². The van der Waals surface area contributed by atoms with Crippen LogP contribution in [0.5, 0.6) is 0 Å². The summed E-state index contributed by atoms with van der Waals surface area (Å²) in [5.41, 5.74) is 2.49. The monoisotopic (exact) mass is 614 g/mol. The van der Waals surface area contributed by atoms with Gasteiger partial charge < -0.3 is 24.6 Å². The molecule has 0 saturated carbocycles. The molecule has 0 spiro atoms. The number of carboxylic acid groups (broad SMARTS) is 1. The van der Waals surface area contributed by atoms with Gasteiger partial charge in [0.05, 0.1) is 30.5 Å². The molecule has 0 bridgehead atoms. The molecule has 3 heterocycles. The van der Waals surface area contributed by atoms with Crippen molar-refractivity contribution >= 4 is 58.9 Å². The molecular formula is C28H28Cl2N6O4S. The molecule has 1 unspecified atom stereocenters. The number of fused-ring (bicyclic) bond motifs is 1. The first-order valence-electron chi connectivity index (χ1n) is 12.1. The van der Waals surface area contributed by atoms with Gasteiger partial charge in [-0.1, -0.05) is 60.1 Å². The minimum absolute atomic E-state index is 0.169. The Kier molecular flexibility index (Phi) is 12.0. The van der Waals surface area contributed by atoms with E-state index >= 15 is 0 Å². The highest BCUT2D eigenvalue weighted by atomic mass is 35.5. The highest BCUT2D eigenvalue weighted by Gasteiger charge is 2.16. The lowest BCUT2D eigenvalue weighted by atomic mass is 10.1. The minimum atomic E-state index is -1.04. The summed E-state index contributed by atoms with van der Waals surface area (Å²) in [6.45, 7) is 4.75. The fourth-order valence-corrected chi connectivity index (χ4v) is 4.06. The van der Waals surface area contributed by atoms with E-state index in [1.54, 1.807) is 48.9 Å². The number of nitrogens with one attached hydrogen (secondary N) is 1. The van der Waals surface area contributed by atoms with Crippen molar-refractivity contribution in [1.82, 2.24) is 19.5 Å². The van der Waals surface area contributed by atoms with Crippen molar-refractivity contribution in [3.8, 4) is 0 Å². The van der Waals surface area contributed by atoms with Gasteiger partial charge in [-0.05, 0) is 30.3 Å². The van der Waals surface area contributed by atoms with E-state index in [1.807, 2.05) is 41.1 Å². The molecule has 1 atom stereocenters. The number of aromatic nitrogens is 5. The zero-order valence-electron chi connectivity index (χ0n) is 22.0. The summed E-state index contributed by atoms with van der Waals surface area (Å²) < 4.78 is 8.42. The highest BCUT2D eigenvalue weighted by molar-refractivity contribution is 7.80. The number of ether oxygens (including phenoxy) is 1. The Morgan fingerprint density at radius 2 is 2.02 bits per heavy atom. The Balaban J connectivity index is 0.000000184. The van der Waals surface area contributed by atoms with Crippen LogP contribution in [0.25, 0.3) is 11.0 Å². The SMILES string of the molecule is C=CCOC(Cn1ccnc1)c1ccc(Cl)cc1Cl.CN(C(=O)O)c1nc2ccccc2[nH]1.[O-][n+]1ccccc1S. The molecule has 214 valence electrons. The van der Waals surface area contributed by atoms with Crippen LogP contribution in [-0.2, 0) is 11.3 Å². The molecule has 0 radical (unpaired) electrons. The second kappa shape index (κ2) is 15.7. The van der Waals surface area contributed by atoms with Crippen LogP contribution in [0.15, 0.2) is 103 Å². The van der Waals surface area contributed by atoms with Crippen molar-refractivity contribution < 1.29 is 19.4 Å². The number of imidazole rings is 2. The van der Waals surface area contributed by atoms with Crippen molar-refractivity contribution in [2.45, 2.75) is 17.7 Å². The molecule has 0 saturated heterocycles. The van der Waals surface area contributed by atoms with E-state index in [2.05, 4.69) is 34.2 Å². The molecule has 3 aromatic heterocycles. The predicted octanol–water partition coefficient (Wildman–Crippen LogP) is 6.42. The van der Waals surface area contributed by atoms with E-state index in [1.165, 1.54) is 13.2 Å². The number of carbonyl (C=O) groups is 1. The van der Waals surface area contributed by atoms with Gasteiger partial charge in [0, 0.05) is 47.2 Å². The predicted molar refractivity (Wildman–Crippen MR) is 163 cm³/mol. The third-order valence-corrected chi connectivity index (χ3v) is 6.35. The lowest BCUT2D eigenvalue weighted by Crippen LogP contribution is -2.26. The van der Waals surface area contributed by atoms with Crippen LogP contribution in [0.4, 0.5) is 10.7 Å². The van der Waals surface area contributed by atoms with Gasteiger partial charge in [-0.3, -0.25) is 4.90 Å². The Labute approximate surface area is 252 Å². The summed E-state index contributed by atoms with van der Waals surface area (Å²) in [6.07, 6.45) is 7.27. The quantitative estimate of drug-likeness (QED) is 0.0841. The van der Waals surface area contributed by atoms with Gasteiger partial charge in [0.2, 0.25) is 11.0 Å². The van der Waals surface area contributed by atoms with Gasteiger partial charge in [0.1, 0.15) is 6.10 Å². The first-order chi connectivity index (χ1) is 19.7. The maximum absolute atomic E-state index is 10.6. The topological polar surface area (TPSA) is 123 Å². The molecule has 10 nitrogen and oxygen atoms in total. The van der Waals surface area contributed by atoms with E-state index in [0.717, 1.165) is 21.5 Å². The number of pyridine rings is 1. The lowest BCUT2D eigenvalue weighted by Gasteiger charge is -2.19. The first-order valence-corrected chi connectivity index (χ1v) is 13.3. The van der Waals surface area contributed by atoms with Crippen LogP contribution in [0.1, 0.15) is 11.7 Å². The summed E-state index contributed by atoms with van der Waals surface area (Å²) >= 11 is 16.0. The molecule has 0 aliphatic rings. The normalized spacial score (nSPS) is 11.0. The van der Waals surface area contributed by atoms with Crippen molar-refractivity contribution in [3.05, 3.63) is 119 Å². The number of hydrogen-bond donors (Lipinski definition) is 3. The molecule has 41 heavy (non-hydrogen) atoms. The molecule has 0 aliphatic heterocycles. The second-order valence-electron chi connectivity index (χ2n) is 8.34.